The fraction of sp³-hybridized carbons (Fsp3) is 0.357. The Morgan fingerprint density at radius 3 is 2.64 bits per heavy atom. The molecule has 0 saturated heterocycles. The van der Waals surface area contributed by atoms with Crippen molar-refractivity contribution in [2.45, 2.75) is 57.1 Å². The van der Waals surface area contributed by atoms with Crippen molar-refractivity contribution in [3.8, 4) is 5.82 Å². The minimum atomic E-state index is -0.977. The minimum Gasteiger partial charge on any atom is -0.368 e. The van der Waals surface area contributed by atoms with Crippen LogP contribution in [0, 0.1) is 12.7 Å². The maximum absolute atomic E-state index is 13.5. The van der Waals surface area contributed by atoms with Crippen molar-refractivity contribution >= 4 is 28.7 Å². The zero-order valence-electron chi connectivity index (χ0n) is 23.4. The zero-order chi connectivity index (χ0) is 29.3. The van der Waals surface area contributed by atoms with Crippen LogP contribution in [0.4, 0.5) is 16.0 Å². The lowest BCUT2D eigenvalue weighted by Crippen LogP contribution is -2.50. The van der Waals surface area contributed by atoms with Gasteiger partial charge in [0.15, 0.2) is 34.4 Å². The fourth-order valence-electron chi connectivity index (χ4n) is 5.25. The van der Waals surface area contributed by atoms with E-state index in [9.17, 15) is 9.18 Å². The fourth-order valence-corrected chi connectivity index (χ4v) is 5.25. The van der Waals surface area contributed by atoms with Crippen LogP contribution in [0.5, 0.6) is 0 Å². The predicted octanol–water partition coefficient (Wildman–Crippen LogP) is 3.83. The number of rotatable bonds is 8. The van der Waals surface area contributed by atoms with Crippen LogP contribution in [0.1, 0.15) is 61.6 Å². The third-order valence-corrected chi connectivity index (χ3v) is 7.67. The van der Waals surface area contributed by atoms with E-state index in [-0.39, 0.29) is 17.9 Å². The van der Waals surface area contributed by atoms with Crippen molar-refractivity contribution in [1.29, 1.82) is 0 Å². The summed E-state index contributed by atoms with van der Waals surface area (Å²) in [6.45, 7) is 3.80. The van der Waals surface area contributed by atoms with Crippen molar-refractivity contribution in [2.75, 3.05) is 12.4 Å². The highest BCUT2D eigenvalue weighted by atomic mass is 19.1. The summed E-state index contributed by atoms with van der Waals surface area (Å²) in [5.74, 6) is 1.65. The van der Waals surface area contributed by atoms with Crippen LogP contribution in [0.2, 0.25) is 0 Å². The number of methoxy groups -OCH3 is 1. The van der Waals surface area contributed by atoms with Gasteiger partial charge in [-0.05, 0) is 51.2 Å². The van der Waals surface area contributed by atoms with Gasteiger partial charge < -0.3 is 15.4 Å². The topological polar surface area (TPSA) is 161 Å². The number of hydrogen-bond donors (Lipinski definition) is 3. The van der Waals surface area contributed by atoms with Gasteiger partial charge in [-0.25, -0.2) is 34.0 Å². The standard InChI is InChI=1S/C28H30FN11O2/c1-16-12-21(39-38-16)35-26-23-25(31-11-10-30-23)36-24(37-26)18-6-8-28(42-3,9-7-18)27(41)34-17(2)19-4-5-22(32-13-19)40-15-20(29)14-33-40/h4-5,10-15,17-18H,6-9H2,1-3H3,(H,34,41)(H2,31,35,36,37,38,39)/t17-,18?,28?/m0/s1. The minimum absolute atomic E-state index is 0.00949. The Hall–Kier alpha value is -4.85. The Morgan fingerprint density at radius 1 is 1.17 bits per heavy atom. The van der Waals surface area contributed by atoms with Gasteiger partial charge in [0.2, 0.25) is 0 Å². The summed E-state index contributed by atoms with van der Waals surface area (Å²) in [6, 6.07) is 5.12. The lowest BCUT2D eigenvalue weighted by atomic mass is 9.77. The van der Waals surface area contributed by atoms with Crippen LogP contribution in [-0.2, 0) is 9.53 Å². The summed E-state index contributed by atoms with van der Waals surface area (Å²) in [7, 11) is 1.57. The highest BCUT2D eigenvalue weighted by Crippen LogP contribution is 2.40. The van der Waals surface area contributed by atoms with Crippen LogP contribution in [0.3, 0.4) is 0 Å². The molecule has 1 aliphatic carbocycles. The summed E-state index contributed by atoms with van der Waals surface area (Å²) >= 11 is 0. The Morgan fingerprint density at radius 2 is 1.98 bits per heavy atom. The zero-order valence-corrected chi connectivity index (χ0v) is 23.4. The SMILES string of the molecule is COC1(C(=O)N[C@@H](C)c2ccc(-n3cc(F)cn3)nc2)CCC(c2nc(Nc3cc(C)[nH]n3)c3nccnc3n2)CC1. The summed E-state index contributed by atoms with van der Waals surface area (Å²) in [5, 5.41) is 17.4. The second-order valence-electron chi connectivity index (χ2n) is 10.4. The second kappa shape index (κ2) is 11.2. The molecule has 1 atom stereocenters. The number of anilines is 2. The van der Waals surface area contributed by atoms with Crippen molar-refractivity contribution in [3.05, 3.63) is 72.1 Å². The molecule has 1 amide bonds. The van der Waals surface area contributed by atoms with Gasteiger partial charge in [0.25, 0.3) is 5.91 Å². The molecule has 1 fully saturated rings. The molecule has 1 saturated carbocycles. The van der Waals surface area contributed by atoms with Crippen molar-refractivity contribution in [2.24, 2.45) is 0 Å². The van der Waals surface area contributed by atoms with Gasteiger partial charge in [0.1, 0.15) is 11.4 Å². The maximum atomic E-state index is 13.5. The first kappa shape index (κ1) is 27.3. The lowest BCUT2D eigenvalue weighted by Gasteiger charge is -2.38. The third kappa shape index (κ3) is 5.40. The molecule has 0 unspecified atom stereocenters. The number of fused-ring (bicyclic) bond motifs is 1. The molecule has 42 heavy (non-hydrogen) atoms. The second-order valence-corrected chi connectivity index (χ2v) is 10.4. The number of amides is 1. The Kier molecular flexibility index (Phi) is 7.29. The third-order valence-electron chi connectivity index (χ3n) is 7.67. The number of aromatic nitrogens is 9. The van der Waals surface area contributed by atoms with E-state index in [1.807, 2.05) is 26.0 Å². The molecular formula is C28H30FN11O2. The molecule has 1 aliphatic rings. The molecule has 0 aromatic carbocycles. The molecule has 0 radical (unpaired) electrons. The first-order valence-electron chi connectivity index (χ1n) is 13.6. The summed E-state index contributed by atoms with van der Waals surface area (Å²) in [6.07, 6.45) is 9.52. The highest BCUT2D eigenvalue weighted by Gasteiger charge is 2.43. The molecule has 5 aromatic heterocycles. The Balaban J connectivity index is 1.14. The van der Waals surface area contributed by atoms with E-state index < -0.39 is 11.4 Å². The normalized spacial score (nSPS) is 19.5. The molecule has 0 aliphatic heterocycles. The summed E-state index contributed by atoms with van der Waals surface area (Å²) < 4.78 is 20.5. The average molecular weight is 572 g/mol. The number of nitrogens with one attached hydrogen (secondary N) is 3. The molecule has 5 heterocycles. The van der Waals surface area contributed by atoms with E-state index in [2.05, 4.69) is 40.9 Å². The monoisotopic (exact) mass is 571 g/mol. The van der Waals surface area contributed by atoms with Crippen molar-refractivity contribution in [1.82, 2.24) is 50.2 Å². The number of H-pyrrole nitrogens is 1. The Labute approximate surface area is 240 Å². The smallest absolute Gasteiger partial charge is 0.252 e. The van der Waals surface area contributed by atoms with Gasteiger partial charge in [-0.15, -0.1) is 0 Å². The molecule has 0 spiro atoms. The van der Waals surface area contributed by atoms with Gasteiger partial charge >= 0.3 is 0 Å². The summed E-state index contributed by atoms with van der Waals surface area (Å²) in [4.78, 5) is 36.2. The number of ether oxygens (including phenoxy) is 1. The van der Waals surface area contributed by atoms with E-state index in [1.165, 1.54) is 10.9 Å². The molecule has 13 nitrogen and oxygen atoms in total. The van der Waals surface area contributed by atoms with Gasteiger partial charge in [-0.1, -0.05) is 6.07 Å². The first-order valence-corrected chi connectivity index (χ1v) is 13.6. The summed E-state index contributed by atoms with van der Waals surface area (Å²) in [5.41, 5.74) is 1.78. The van der Waals surface area contributed by atoms with Crippen molar-refractivity contribution < 1.29 is 13.9 Å². The molecule has 14 heteroatoms. The van der Waals surface area contributed by atoms with Crippen LogP contribution in [-0.4, -0.2) is 63.5 Å². The number of carbonyl (C=O) groups excluding carboxylic acids is 1. The van der Waals surface area contributed by atoms with E-state index in [0.717, 1.165) is 17.5 Å². The number of aromatic amines is 1. The molecule has 5 aromatic rings. The maximum Gasteiger partial charge on any atom is 0.252 e. The molecule has 216 valence electrons. The molecule has 3 N–H and O–H groups in total. The van der Waals surface area contributed by atoms with Crippen LogP contribution >= 0.6 is 0 Å². The number of carbonyl (C=O) groups is 1. The quantitative estimate of drug-likeness (QED) is 0.250. The highest BCUT2D eigenvalue weighted by molar-refractivity contribution is 5.86. The molecule has 6 rings (SSSR count). The number of halogens is 1. The van der Waals surface area contributed by atoms with Crippen LogP contribution in [0.25, 0.3) is 17.0 Å². The first-order chi connectivity index (χ1) is 20.3. The van der Waals surface area contributed by atoms with Gasteiger partial charge in [-0.2, -0.15) is 10.2 Å². The van der Waals surface area contributed by atoms with Gasteiger partial charge in [0.05, 0.1) is 18.4 Å². The van der Waals surface area contributed by atoms with E-state index in [4.69, 9.17) is 14.7 Å². The number of aryl methyl sites for hydroxylation is 1. The van der Waals surface area contributed by atoms with Gasteiger partial charge in [0, 0.05) is 43.4 Å². The largest absolute Gasteiger partial charge is 0.368 e. The van der Waals surface area contributed by atoms with Crippen LogP contribution < -0.4 is 10.6 Å². The van der Waals surface area contributed by atoms with E-state index in [1.54, 1.807) is 31.8 Å². The predicted molar refractivity (Wildman–Crippen MR) is 151 cm³/mol. The lowest BCUT2D eigenvalue weighted by molar-refractivity contribution is -0.148. The molecular weight excluding hydrogens is 541 g/mol. The number of nitrogens with zero attached hydrogens (tertiary/aromatic N) is 8. The average Bonchev–Trinajstić information content (AvgIpc) is 3.64. The number of pyridine rings is 1. The number of hydrogen-bond acceptors (Lipinski definition) is 10. The molecule has 0 bridgehead atoms. The van der Waals surface area contributed by atoms with E-state index in [0.29, 0.717) is 60.1 Å². The Bertz CT molecular complexity index is 1710. The van der Waals surface area contributed by atoms with Crippen LogP contribution in [0.15, 0.2) is 49.2 Å². The van der Waals surface area contributed by atoms with Gasteiger partial charge in [-0.3, -0.25) is 9.89 Å². The van der Waals surface area contributed by atoms with Crippen molar-refractivity contribution in [3.63, 3.8) is 0 Å². The van der Waals surface area contributed by atoms with E-state index >= 15 is 0 Å².